The number of benzene rings is 3. The monoisotopic (exact) mass is 575 g/mol. The van der Waals surface area contributed by atoms with Crippen molar-refractivity contribution in [1.82, 2.24) is 10.2 Å². The summed E-state index contributed by atoms with van der Waals surface area (Å²) in [5.74, 6) is -0.413. The molecule has 1 aliphatic heterocycles. The van der Waals surface area contributed by atoms with Gasteiger partial charge in [0.25, 0.3) is 5.91 Å². The summed E-state index contributed by atoms with van der Waals surface area (Å²) in [6.07, 6.45) is -4.38. The zero-order valence-electron chi connectivity index (χ0n) is 22.2. The van der Waals surface area contributed by atoms with Crippen molar-refractivity contribution in [2.45, 2.75) is 30.1 Å². The zero-order valence-corrected chi connectivity index (χ0v) is 23.0. The van der Waals surface area contributed by atoms with Gasteiger partial charge < -0.3 is 15.3 Å². The molecule has 1 amide bonds. The fraction of sp³-hybridized carbons (Fsp3) is 0.345. The summed E-state index contributed by atoms with van der Waals surface area (Å²) in [6.45, 7) is 3.20. The van der Waals surface area contributed by atoms with Gasteiger partial charge in [-0.1, -0.05) is 31.2 Å². The van der Waals surface area contributed by atoms with Crippen LogP contribution in [0.3, 0.4) is 0 Å². The average Bonchev–Trinajstić information content (AvgIpc) is 2.96. The third-order valence-electron chi connectivity index (χ3n) is 7.27. The van der Waals surface area contributed by atoms with E-state index in [-0.39, 0.29) is 23.3 Å². The maximum atomic E-state index is 13.0. The van der Waals surface area contributed by atoms with E-state index >= 15 is 0 Å². The van der Waals surface area contributed by atoms with Crippen molar-refractivity contribution < 1.29 is 31.5 Å². The number of anilines is 1. The molecular formula is C29H32F3N3O4S. The molecule has 1 aliphatic rings. The first-order chi connectivity index (χ1) is 18.9. The Bertz CT molecular complexity index is 1410. The van der Waals surface area contributed by atoms with Crippen molar-refractivity contribution in [3.8, 4) is 0 Å². The Morgan fingerprint density at radius 3 is 2.17 bits per heavy atom. The van der Waals surface area contributed by atoms with E-state index in [1.54, 1.807) is 31.2 Å². The highest BCUT2D eigenvalue weighted by Gasteiger charge is 2.31. The van der Waals surface area contributed by atoms with Crippen molar-refractivity contribution in [2.24, 2.45) is 0 Å². The Labute approximate surface area is 232 Å². The third kappa shape index (κ3) is 6.65. The van der Waals surface area contributed by atoms with Crippen molar-refractivity contribution in [3.05, 3.63) is 95.1 Å². The summed E-state index contributed by atoms with van der Waals surface area (Å²) >= 11 is 0. The highest BCUT2D eigenvalue weighted by atomic mass is 32.2. The number of aliphatic hydroxyl groups is 1. The number of alkyl halides is 3. The zero-order chi connectivity index (χ0) is 29.1. The first-order valence-electron chi connectivity index (χ1n) is 12.9. The number of hydrogen-bond acceptors (Lipinski definition) is 6. The number of sulfone groups is 1. The van der Waals surface area contributed by atoms with Gasteiger partial charge in [-0.05, 0) is 66.7 Å². The van der Waals surface area contributed by atoms with Crippen molar-refractivity contribution in [3.63, 3.8) is 0 Å². The van der Waals surface area contributed by atoms with E-state index in [9.17, 15) is 31.5 Å². The molecule has 2 atom stereocenters. The lowest BCUT2D eigenvalue weighted by Gasteiger charge is -2.41. The SMILES string of the molecule is CCS(=O)(=O)c1ccc([C@H](CO)NC(=O)c2ccc(N3CCN(C)C(c4ccc(C(F)(F)F)cc4)C3)cc2)cc1. The Morgan fingerprint density at radius 1 is 1.00 bits per heavy atom. The first-order valence-corrected chi connectivity index (χ1v) is 14.5. The predicted octanol–water partition coefficient (Wildman–Crippen LogP) is 4.46. The van der Waals surface area contributed by atoms with Gasteiger partial charge in [0.05, 0.1) is 34.9 Å². The lowest BCUT2D eigenvalue weighted by molar-refractivity contribution is -0.137. The predicted molar refractivity (Wildman–Crippen MR) is 147 cm³/mol. The fourth-order valence-electron chi connectivity index (χ4n) is 4.74. The van der Waals surface area contributed by atoms with E-state index in [1.807, 2.05) is 19.2 Å². The molecule has 0 radical (unpaired) electrons. The molecule has 2 N–H and O–H groups in total. The molecule has 0 aliphatic carbocycles. The number of halogens is 3. The number of nitrogens with zero attached hydrogens (tertiary/aromatic N) is 2. The molecule has 214 valence electrons. The lowest BCUT2D eigenvalue weighted by atomic mass is 10.0. The Hall–Kier alpha value is -3.41. The molecular weight excluding hydrogens is 543 g/mol. The van der Waals surface area contributed by atoms with E-state index in [1.165, 1.54) is 24.3 Å². The summed E-state index contributed by atoms with van der Waals surface area (Å²) in [5, 5.41) is 12.6. The van der Waals surface area contributed by atoms with Crippen LogP contribution in [-0.2, 0) is 16.0 Å². The van der Waals surface area contributed by atoms with E-state index in [0.29, 0.717) is 24.2 Å². The van der Waals surface area contributed by atoms with Crippen LogP contribution in [0.4, 0.5) is 18.9 Å². The molecule has 1 unspecified atom stereocenters. The van der Waals surface area contributed by atoms with Crippen LogP contribution in [0.5, 0.6) is 0 Å². The standard InChI is InChI=1S/C29H32F3N3O4S/c1-3-40(38,39)25-14-8-20(9-15-25)26(19-36)33-28(37)22-6-12-24(13-7-22)35-17-16-34(2)27(18-35)21-4-10-23(11-5-21)29(30,31)32/h4-15,26-27,36H,3,16-19H2,1-2H3,(H,33,37)/t26-,27?/m0/s1. The van der Waals surface area contributed by atoms with Gasteiger partial charge in [0.1, 0.15) is 0 Å². The number of nitrogens with one attached hydrogen (secondary N) is 1. The van der Waals surface area contributed by atoms with Crippen LogP contribution >= 0.6 is 0 Å². The normalized spacial score (nSPS) is 17.4. The van der Waals surface area contributed by atoms with Crippen LogP contribution in [0.15, 0.2) is 77.7 Å². The smallest absolute Gasteiger partial charge is 0.394 e. The summed E-state index contributed by atoms with van der Waals surface area (Å²) < 4.78 is 63.0. The molecule has 11 heteroatoms. The minimum Gasteiger partial charge on any atom is -0.394 e. The number of carbonyl (C=O) groups excluding carboxylic acids is 1. The first kappa shape index (κ1) is 29.6. The van der Waals surface area contributed by atoms with Gasteiger partial charge in [0.15, 0.2) is 9.84 Å². The second-order valence-corrected chi connectivity index (χ2v) is 12.1. The van der Waals surface area contributed by atoms with Gasteiger partial charge >= 0.3 is 6.18 Å². The van der Waals surface area contributed by atoms with Gasteiger partial charge in [0, 0.05) is 30.9 Å². The van der Waals surface area contributed by atoms with Crippen LogP contribution in [0.25, 0.3) is 0 Å². The number of hydrogen-bond donors (Lipinski definition) is 2. The maximum Gasteiger partial charge on any atom is 0.416 e. The molecule has 7 nitrogen and oxygen atoms in total. The number of amides is 1. The quantitative estimate of drug-likeness (QED) is 0.413. The van der Waals surface area contributed by atoms with Crippen LogP contribution < -0.4 is 10.2 Å². The van der Waals surface area contributed by atoms with Crippen LogP contribution in [0.1, 0.15) is 46.1 Å². The molecule has 0 aromatic heterocycles. The lowest BCUT2D eigenvalue weighted by Crippen LogP contribution is -2.46. The molecule has 1 fully saturated rings. The number of aliphatic hydroxyl groups excluding tert-OH is 1. The van der Waals surface area contributed by atoms with Crippen LogP contribution in [0, 0.1) is 0 Å². The maximum absolute atomic E-state index is 13.0. The molecule has 1 saturated heterocycles. The number of carbonyl (C=O) groups is 1. The molecule has 0 spiro atoms. The second kappa shape index (κ2) is 12.0. The van der Waals surface area contributed by atoms with E-state index in [2.05, 4.69) is 15.1 Å². The van der Waals surface area contributed by atoms with E-state index in [0.717, 1.165) is 29.9 Å². The van der Waals surface area contributed by atoms with Crippen LogP contribution in [0.2, 0.25) is 0 Å². The van der Waals surface area contributed by atoms with E-state index < -0.39 is 33.5 Å². The summed E-state index contributed by atoms with van der Waals surface area (Å²) in [5.41, 5.74) is 1.97. The topological polar surface area (TPSA) is 89.9 Å². The largest absolute Gasteiger partial charge is 0.416 e. The van der Waals surface area contributed by atoms with Crippen molar-refractivity contribution in [1.29, 1.82) is 0 Å². The average molecular weight is 576 g/mol. The minimum absolute atomic E-state index is 0.0215. The number of rotatable bonds is 8. The Kier molecular flexibility index (Phi) is 8.86. The Morgan fingerprint density at radius 2 is 1.62 bits per heavy atom. The van der Waals surface area contributed by atoms with Gasteiger partial charge in [-0.25, -0.2) is 8.42 Å². The minimum atomic E-state index is -4.38. The van der Waals surface area contributed by atoms with Crippen molar-refractivity contribution in [2.75, 3.05) is 43.9 Å². The number of likely N-dealkylation sites (N-methyl/N-ethyl adjacent to an activating group) is 1. The molecule has 0 saturated carbocycles. The number of piperazine rings is 1. The third-order valence-corrected chi connectivity index (χ3v) is 9.03. The summed E-state index contributed by atoms with van der Waals surface area (Å²) in [7, 11) is -1.41. The van der Waals surface area contributed by atoms with Crippen LogP contribution in [-0.4, -0.2) is 63.4 Å². The molecule has 3 aromatic rings. The van der Waals surface area contributed by atoms with E-state index in [4.69, 9.17) is 0 Å². The summed E-state index contributed by atoms with van der Waals surface area (Å²) in [4.78, 5) is 17.3. The van der Waals surface area contributed by atoms with Gasteiger partial charge in [-0.3, -0.25) is 9.69 Å². The van der Waals surface area contributed by atoms with Crippen molar-refractivity contribution >= 4 is 21.4 Å². The van der Waals surface area contributed by atoms with Gasteiger partial charge in [-0.15, -0.1) is 0 Å². The molecule has 0 bridgehead atoms. The van der Waals surface area contributed by atoms with Gasteiger partial charge in [-0.2, -0.15) is 13.2 Å². The molecule has 40 heavy (non-hydrogen) atoms. The molecule has 3 aromatic carbocycles. The second-order valence-electron chi connectivity index (χ2n) is 9.79. The highest BCUT2D eigenvalue weighted by Crippen LogP contribution is 2.32. The highest BCUT2D eigenvalue weighted by molar-refractivity contribution is 7.91. The molecule has 1 heterocycles. The van der Waals surface area contributed by atoms with Gasteiger partial charge in [0.2, 0.25) is 0 Å². The molecule has 4 rings (SSSR count). The fourth-order valence-corrected chi connectivity index (χ4v) is 5.62. The summed E-state index contributed by atoms with van der Waals surface area (Å²) in [6, 6.07) is 17.5. The Balaban J connectivity index is 1.42.